The van der Waals surface area contributed by atoms with Gasteiger partial charge in [-0.3, -0.25) is 4.68 Å². The van der Waals surface area contributed by atoms with E-state index in [0.29, 0.717) is 5.69 Å². The van der Waals surface area contributed by atoms with Crippen LogP contribution in [0.2, 0.25) is 0 Å². The number of hydrogen-bond acceptors (Lipinski definition) is 5. The van der Waals surface area contributed by atoms with Crippen molar-refractivity contribution >= 4 is 17.4 Å². The third-order valence-electron chi connectivity index (χ3n) is 2.45. The Morgan fingerprint density at radius 1 is 1.19 bits per heavy atom. The molecule has 16 heavy (non-hydrogen) atoms. The molecule has 2 aromatic heterocycles. The second-order valence-corrected chi connectivity index (χ2v) is 4.57. The van der Waals surface area contributed by atoms with E-state index in [1.54, 1.807) is 4.68 Å². The average molecular weight is 238 g/mol. The zero-order valence-electron chi connectivity index (χ0n) is 9.72. The second-order valence-electron chi connectivity index (χ2n) is 3.62. The van der Waals surface area contributed by atoms with Gasteiger partial charge < -0.3 is 10.3 Å². The molecule has 0 saturated heterocycles. The molecule has 0 aromatic carbocycles. The largest absolute Gasteiger partial charge is 0.395 e. The fourth-order valence-electron chi connectivity index (χ4n) is 1.34. The smallest absolute Gasteiger partial charge is 0.197 e. The van der Waals surface area contributed by atoms with Crippen LogP contribution >= 0.6 is 11.8 Å². The van der Waals surface area contributed by atoms with Crippen LogP contribution in [-0.4, -0.2) is 24.5 Å². The molecule has 2 rings (SSSR count). The van der Waals surface area contributed by atoms with E-state index in [1.807, 2.05) is 32.5 Å². The van der Waals surface area contributed by atoms with Crippen LogP contribution in [0.15, 0.2) is 10.2 Å². The van der Waals surface area contributed by atoms with Crippen LogP contribution < -0.4 is 5.73 Å². The van der Waals surface area contributed by atoms with Gasteiger partial charge in [0.2, 0.25) is 0 Å². The van der Waals surface area contributed by atoms with Crippen LogP contribution in [0.3, 0.4) is 0 Å². The minimum absolute atomic E-state index is 0.702. The van der Waals surface area contributed by atoms with E-state index in [2.05, 4.69) is 15.3 Å². The lowest BCUT2D eigenvalue weighted by molar-refractivity contribution is 0.688. The van der Waals surface area contributed by atoms with Crippen molar-refractivity contribution in [3.8, 4) is 0 Å². The predicted octanol–water partition coefficient (Wildman–Crippen LogP) is 0.899. The Morgan fingerprint density at radius 2 is 1.88 bits per heavy atom. The van der Waals surface area contributed by atoms with Gasteiger partial charge in [0.1, 0.15) is 10.9 Å². The highest BCUT2D eigenvalue weighted by Gasteiger charge is 2.15. The summed E-state index contributed by atoms with van der Waals surface area (Å²) in [5, 5.41) is 14.0. The first-order chi connectivity index (χ1) is 7.50. The molecule has 0 unspecified atom stereocenters. The fourth-order valence-corrected chi connectivity index (χ4v) is 2.29. The molecule has 0 atom stereocenters. The fraction of sp³-hybridized carbons (Fsp3) is 0.444. The molecular weight excluding hydrogens is 224 g/mol. The molecule has 2 N–H and O–H groups in total. The van der Waals surface area contributed by atoms with Crippen molar-refractivity contribution in [2.45, 2.75) is 24.0 Å². The topological polar surface area (TPSA) is 74.5 Å². The van der Waals surface area contributed by atoms with Crippen molar-refractivity contribution < 1.29 is 0 Å². The van der Waals surface area contributed by atoms with E-state index >= 15 is 0 Å². The van der Waals surface area contributed by atoms with E-state index in [0.717, 1.165) is 21.7 Å². The zero-order chi connectivity index (χ0) is 11.9. The maximum Gasteiger partial charge on any atom is 0.197 e. The summed E-state index contributed by atoms with van der Waals surface area (Å²) >= 11 is 1.47. The molecule has 7 heteroatoms. The molecule has 0 fully saturated rings. The first-order valence-electron chi connectivity index (χ1n) is 4.83. The summed E-state index contributed by atoms with van der Waals surface area (Å²) in [6, 6.07) is 0. The van der Waals surface area contributed by atoms with Crippen LogP contribution in [0.25, 0.3) is 0 Å². The number of aromatic nitrogens is 5. The second kappa shape index (κ2) is 3.82. The van der Waals surface area contributed by atoms with Crippen molar-refractivity contribution in [1.29, 1.82) is 0 Å². The standard InChI is InChI=1S/C9H14N6S/c1-5-7(10)8(15(4)13-5)16-9-12-11-6(2)14(9)3/h10H2,1-4H3. The van der Waals surface area contributed by atoms with Gasteiger partial charge in [-0.25, -0.2) is 0 Å². The van der Waals surface area contributed by atoms with Crippen molar-refractivity contribution in [2.24, 2.45) is 14.1 Å². The quantitative estimate of drug-likeness (QED) is 0.841. The Hall–Kier alpha value is -1.50. The number of hydrogen-bond donors (Lipinski definition) is 1. The highest BCUT2D eigenvalue weighted by molar-refractivity contribution is 7.99. The average Bonchev–Trinajstić information content (AvgIpc) is 2.66. The number of nitrogens with zero attached hydrogens (tertiary/aromatic N) is 5. The van der Waals surface area contributed by atoms with Gasteiger partial charge in [0.15, 0.2) is 5.16 Å². The minimum Gasteiger partial charge on any atom is -0.395 e. The Bertz CT molecular complexity index is 526. The van der Waals surface area contributed by atoms with E-state index in [1.165, 1.54) is 11.8 Å². The van der Waals surface area contributed by atoms with Crippen molar-refractivity contribution in [3.05, 3.63) is 11.5 Å². The summed E-state index contributed by atoms with van der Waals surface area (Å²) in [4.78, 5) is 0. The summed E-state index contributed by atoms with van der Waals surface area (Å²) in [6.07, 6.45) is 0. The summed E-state index contributed by atoms with van der Waals surface area (Å²) in [7, 11) is 3.80. The van der Waals surface area contributed by atoms with E-state index < -0.39 is 0 Å². The third kappa shape index (κ3) is 1.67. The van der Waals surface area contributed by atoms with E-state index in [-0.39, 0.29) is 0 Å². The molecule has 0 aliphatic carbocycles. The molecule has 0 spiro atoms. The number of nitrogen functional groups attached to an aromatic ring is 1. The van der Waals surface area contributed by atoms with Crippen molar-refractivity contribution in [3.63, 3.8) is 0 Å². The SMILES string of the molecule is Cc1nn(C)c(Sc2nnc(C)n2C)c1N. The molecule has 86 valence electrons. The molecule has 0 bridgehead atoms. The van der Waals surface area contributed by atoms with Gasteiger partial charge in [-0.2, -0.15) is 5.10 Å². The van der Waals surface area contributed by atoms with E-state index in [9.17, 15) is 0 Å². The lowest BCUT2D eigenvalue weighted by Gasteiger charge is -2.02. The molecule has 0 amide bonds. The molecule has 0 saturated carbocycles. The molecule has 0 aliphatic rings. The lowest BCUT2D eigenvalue weighted by atomic mass is 10.4. The molecule has 2 aromatic rings. The van der Waals surface area contributed by atoms with Crippen LogP contribution in [-0.2, 0) is 14.1 Å². The Kier molecular flexibility index (Phi) is 2.63. The van der Waals surface area contributed by atoms with Gasteiger partial charge in [0.25, 0.3) is 0 Å². The first-order valence-corrected chi connectivity index (χ1v) is 5.65. The van der Waals surface area contributed by atoms with Crippen LogP contribution in [0, 0.1) is 13.8 Å². The highest BCUT2D eigenvalue weighted by atomic mass is 32.2. The number of rotatable bonds is 2. The van der Waals surface area contributed by atoms with Crippen molar-refractivity contribution in [2.75, 3.05) is 5.73 Å². The van der Waals surface area contributed by atoms with Crippen LogP contribution in [0.5, 0.6) is 0 Å². The maximum absolute atomic E-state index is 5.95. The molecule has 6 nitrogen and oxygen atoms in total. The van der Waals surface area contributed by atoms with Gasteiger partial charge in [-0.15, -0.1) is 10.2 Å². The number of aryl methyl sites for hydroxylation is 3. The summed E-state index contributed by atoms with van der Waals surface area (Å²) in [5.41, 5.74) is 7.49. The third-order valence-corrected chi connectivity index (χ3v) is 3.67. The molecular formula is C9H14N6S. The lowest BCUT2D eigenvalue weighted by Crippen LogP contribution is -1.97. The van der Waals surface area contributed by atoms with Gasteiger partial charge in [-0.1, -0.05) is 0 Å². The van der Waals surface area contributed by atoms with Gasteiger partial charge >= 0.3 is 0 Å². The monoisotopic (exact) mass is 238 g/mol. The van der Waals surface area contributed by atoms with Gasteiger partial charge in [0, 0.05) is 14.1 Å². The molecule has 0 aliphatic heterocycles. The van der Waals surface area contributed by atoms with Crippen LogP contribution in [0.1, 0.15) is 11.5 Å². The highest BCUT2D eigenvalue weighted by Crippen LogP contribution is 2.31. The predicted molar refractivity (Wildman–Crippen MR) is 62.2 cm³/mol. The normalized spacial score (nSPS) is 11.0. The summed E-state index contributed by atoms with van der Waals surface area (Å²) < 4.78 is 3.69. The first kappa shape index (κ1) is 11.0. The number of nitrogens with two attached hydrogens (primary N) is 1. The number of anilines is 1. The maximum atomic E-state index is 5.95. The Morgan fingerprint density at radius 3 is 2.31 bits per heavy atom. The molecule has 0 radical (unpaired) electrons. The van der Waals surface area contributed by atoms with Gasteiger partial charge in [-0.05, 0) is 25.6 Å². The summed E-state index contributed by atoms with van der Waals surface area (Å²) in [5.74, 6) is 0.875. The Balaban J connectivity index is 2.37. The van der Waals surface area contributed by atoms with Crippen LogP contribution in [0.4, 0.5) is 5.69 Å². The minimum atomic E-state index is 0.702. The summed E-state index contributed by atoms with van der Waals surface area (Å²) in [6.45, 7) is 3.80. The van der Waals surface area contributed by atoms with Crippen molar-refractivity contribution in [1.82, 2.24) is 24.5 Å². The van der Waals surface area contributed by atoms with E-state index in [4.69, 9.17) is 5.73 Å². The molecule has 2 heterocycles. The Labute approximate surface area is 97.8 Å². The zero-order valence-corrected chi connectivity index (χ0v) is 10.5. The van der Waals surface area contributed by atoms with Gasteiger partial charge in [0.05, 0.1) is 11.4 Å².